The fourth-order valence-corrected chi connectivity index (χ4v) is 3.77. The van der Waals surface area contributed by atoms with Crippen LogP contribution >= 0.6 is 23.1 Å². The lowest BCUT2D eigenvalue weighted by Crippen LogP contribution is -1.83. The number of fused-ring (bicyclic) bond motifs is 1. The van der Waals surface area contributed by atoms with Gasteiger partial charge in [-0.05, 0) is 18.2 Å². The van der Waals surface area contributed by atoms with Crippen molar-refractivity contribution in [1.82, 2.24) is 4.98 Å². The lowest BCUT2D eigenvalue weighted by atomic mass is 10.2. The van der Waals surface area contributed by atoms with Crippen molar-refractivity contribution >= 4 is 39.6 Å². The molecule has 4 heteroatoms. The van der Waals surface area contributed by atoms with Crippen molar-refractivity contribution < 1.29 is 4.79 Å². The van der Waals surface area contributed by atoms with Crippen molar-refractivity contribution in [2.75, 3.05) is 0 Å². The summed E-state index contributed by atoms with van der Waals surface area (Å²) in [5.74, 6) is 0. The van der Waals surface area contributed by atoms with Gasteiger partial charge in [0.15, 0.2) is 10.6 Å². The third kappa shape index (κ3) is 2.17. The molecule has 0 spiro atoms. The molecule has 0 aliphatic heterocycles. The first kappa shape index (κ1) is 11.4. The normalized spacial score (nSPS) is 10.7. The fourth-order valence-electron chi connectivity index (χ4n) is 1.66. The number of para-hydroxylation sites is 1. The number of aromatic nitrogens is 1. The molecule has 2 aromatic carbocycles. The molecule has 1 heterocycles. The number of hydrogen-bond donors (Lipinski definition) is 0. The van der Waals surface area contributed by atoms with Crippen LogP contribution in [0.4, 0.5) is 0 Å². The van der Waals surface area contributed by atoms with Crippen molar-refractivity contribution in [3.8, 4) is 0 Å². The number of nitrogens with zero attached hydrogens (tertiary/aromatic N) is 1. The predicted octanol–water partition coefficient (Wildman–Crippen LogP) is 4.26. The first-order valence-corrected chi connectivity index (χ1v) is 7.08. The van der Waals surface area contributed by atoms with E-state index < -0.39 is 0 Å². The Bertz CT molecular complexity index is 673. The minimum Gasteiger partial charge on any atom is -0.298 e. The van der Waals surface area contributed by atoms with E-state index in [2.05, 4.69) is 11.1 Å². The Kier molecular flexibility index (Phi) is 3.13. The molecule has 88 valence electrons. The van der Waals surface area contributed by atoms with Crippen molar-refractivity contribution in [2.45, 2.75) is 9.24 Å². The van der Waals surface area contributed by atoms with Gasteiger partial charge in [-0.25, -0.2) is 4.98 Å². The number of hydrogen-bond acceptors (Lipinski definition) is 4. The Morgan fingerprint density at radius 1 is 1.06 bits per heavy atom. The molecule has 3 aromatic rings. The molecule has 0 unspecified atom stereocenters. The number of carbonyl (C=O) groups is 1. The first-order valence-electron chi connectivity index (χ1n) is 5.44. The Morgan fingerprint density at radius 2 is 1.83 bits per heavy atom. The summed E-state index contributed by atoms with van der Waals surface area (Å²) in [5, 5.41) is 0. The SMILES string of the molecule is O=Cc1ccccc1Sc1nc2ccccc2s1. The Labute approximate surface area is 113 Å². The average Bonchev–Trinajstić information content (AvgIpc) is 2.81. The van der Waals surface area contributed by atoms with Gasteiger partial charge in [-0.15, -0.1) is 11.3 Å². The van der Waals surface area contributed by atoms with Gasteiger partial charge >= 0.3 is 0 Å². The maximum Gasteiger partial charge on any atom is 0.155 e. The third-order valence-electron chi connectivity index (χ3n) is 2.52. The van der Waals surface area contributed by atoms with Gasteiger partial charge in [-0.1, -0.05) is 42.1 Å². The van der Waals surface area contributed by atoms with Gasteiger partial charge in [-0.2, -0.15) is 0 Å². The van der Waals surface area contributed by atoms with Crippen LogP contribution in [0.5, 0.6) is 0 Å². The Morgan fingerprint density at radius 3 is 2.67 bits per heavy atom. The summed E-state index contributed by atoms with van der Waals surface area (Å²) in [6.45, 7) is 0. The molecular weight excluding hydrogens is 262 g/mol. The molecule has 0 aliphatic rings. The van der Waals surface area contributed by atoms with Crippen molar-refractivity contribution in [2.24, 2.45) is 0 Å². The number of carbonyl (C=O) groups excluding carboxylic acids is 1. The third-order valence-corrected chi connectivity index (χ3v) is 4.71. The van der Waals surface area contributed by atoms with Crippen LogP contribution in [-0.2, 0) is 0 Å². The molecule has 3 rings (SSSR count). The van der Waals surface area contributed by atoms with E-state index in [1.807, 2.05) is 42.5 Å². The molecule has 2 nitrogen and oxygen atoms in total. The maximum absolute atomic E-state index is 11.0. The van der Waals surface area contributed by atoms with Crippen molar-refractivity contribution in [1.29, 1.82) is 0 Å². The van der Waals surface area contributed by atoms with Gasteiger partial charge in [0.2, 0.25) is 0 Å². The van der Waals surface area contributed by atoms with Gasteiger partial charge in [0.1, 0.15) is 0 Å². The number of benzene rings is 2. The molecule has 0 fully saturated rings. The fraction of sp³-hybridized carbons (Fsp3) is 0. The highest BCUT2D eigenvalue weighted by atomic mass is 32.2. The molecule has 18 heavy (non-hydrogen) atoms. The second kappa shape index (κ2) is 4.92. The highest BCUT2D eigenvalue weighted by Crippen LogP contribution is 2.35. The summed E-state index contributed by atoms with van der Waals surface area (Å²) < 4.78 is 2.13. The summed E-state index contributed by atoms with van der Waals surface area (Å²) in [4.78, 5) is 16.5. The van der Waals surface area contributed by atoms with Crippen LogP contribution < -0.4 is 0 Å². The van der Waals surface area contributed by atoms with E-state index in [0.29, 0.717) is 5.56 Å². The Balaban J connectivity index is 1.98. The molecule has 0 N–H and O–H groups in total. The summed E-state index contributed by atoms with van der Waals surface area (Å²) >= 11 is 3.19. The minimum atomic E-state index is 0.710. The van der Waals surface area contributed by atoms with E-state index in [4.69, 9.17) is 0 Å². The highest BCUT2D eigenvalue weighted by molar-refractivity contribution is 8.01. The standard InChI is InChI=1S/C14H9NOS2/c16-9-10-5-1-3-7-12(10)17-14-15-11-6-2-4-8-13(11)18-14/h1-9H. The molecule has 0 bridgehead atoms. The van der Waals surface area contributed by atoms with E-state index in [0.717, 1.165) is 21.0 Å². The topological polar surface area (TPSA) is 30.0 Å². The zero-order chi connectivity index (χ0) is 12.4. The van der Waals surface area contributed by atoms with Gasteiger partial charge in [0.05, 0.1) is 10.2 Å². The lowest BCUT2D eigenvalue weighted by molar-refractivity contribution is 0.112. The first-order chi connectivity index (χ1) is 8.86. The smallest absolute Gasteiger partial charge is 0.155 e. The molecule has 0 saturated carbocycles. The maximum atomic E-state index is 11.0. The second-order valence-corrected chi connectivity index (χ2v) is 6.02. The van der Waals surface area contributed by atoms with Crippen LogP contribution in [0, 0.1) is 0 Å². The van der Waals surface area contributed by atoms with E-state index in [9.17, 15) is 4.79 Å². The van der Waals surface area contributed by atoms with Crippen LogP contribution in [0.3, 0.4) is 0 Å². The largest absolute Gasteiger partial charge is 0.298 e. The van der Waals surface area contributed by atoms with E-state index in [1.165, 1.54) is 4.70 Å². The van der Waals surface area contributed by atoms with Crippen LogP contribution in [0.2, 0.25) is 0 Å². The number of rotatable bonds is 3. The number of thiazole rings is 1. The lowest BCUT2D eigenvalue weighted by Gasteiger charge is -2.00. The average molecular weight is 271 g/mol. The summed E-state index contributed by atoms with van der Waals surface area (Å²) in [5.41, 5.74) is 1.72. The van der Waals surface area contributed by atoms with Gasteiger partial charge < -0.3 is 0 Å². The molecular formula is C14H9NOS2. The summed E-state index contributed by atoms with van der Waals surface area (Å²) in [6, 6.07) is 15.6. The molecule has 0 radical (unpaired) electrons. The molecule has 1 aromatic heterocycles. The summed E-state index contributed by atoms with van der Waals surface area (Å²) in [6.07, 6.45) is 0.885. The van der Waals surface area contributed by atoms with Gasteiger partial charge in [0, 0.05) is 10.5 Å². The number of aldehydes is 1. The summed E-state index contributed by atoms with van der Waals surface area (Å²) in [7, 11) is 0. The zero-order valence-electron chi connectivity index (χ0n) is 9.37. The van der Waals surface area contributed by atoms with E-state index in [1.54, 1.807) is 23.1 Å². The van der Waals surface area contributed by atoms with E-state index in [-0.39, 0.29) is 0 Å². The van der Waals surface area contributed by atoms with Crippen LogP contribution in [0.1, 0.15) is 10.4 Å². The van der Waals surface area contributed by atoms with Crippen LogP contribution in [0.15, 0.2) is 57.8 Å². The van der Waals surface area contributed by atoms with Gasteiger partial charge in [0.25, 0.3) is 0 Å². The highest BCUT2D eigenvalue weighted by Gasteiger charge is 2.07. The van der Waals surface area contributed by atoms with Crippen LogP contribution in [-0.4, -0.2) is 11.3 Å². The van der Waals surface area contributed by atoms with Gasteiger partial charge in [-0.3, -0.25) is 4.79 Å². The zero-order valence-corrected chi connectivity index (χ0v) is 11.0. The molecule has 0 aliphatic carbocycles. The predicted molar refractivity (Wildman–Crippen MR) is 75.6 cm³/mol. The minimum absolute atomic E-state index is 0.710. The second-order valence-electron chi connectivity index (χ2n) is 3.71. The molecule has 0 amide bonds. The monoisotopic (exact) mass is 271 g/mol. The van der Waals surface area contributed by atoms with E-state index >= 15 is 0 Å². The quantitative estimate of drug-likeness (QED) is 0.667. The van der Waals surface area contributed by atoms with Crippen molar-refractivity contribution in [3.63, 3.8) is 0 Å². The van der Waals surface area contributed by atoms with Crippen LogP contribution in [0.25, 0.3) is 10.2 Å². The Hall–Kier alpha value is -1.65. The van der Waals surface area contributed by atoms with Crippen molar-refractivity contribution in [3.05, 3.63) is 54.1 Å². The molecule has 0 saturated heterocycles. The molecule has 0 atom stereocenters.